The van der Waals surface area contributed by atoms with Gasteiger partial charge in [0.25, 0.3) is 0 Å². The van der Waals surface area contributed by atoms with Crippen LogP contribution in [0, 0.1) is 5.82 Å². The number of halogens is 1. The van der Waals surface area contributed by atoms with E-state index >= 15 is 4.39 Å². The van der Waals surface area contributed by atoms with Crippen molar-refractivity contribution in [2.45, 2.75) is 39.2 Å². The molecule has 2 aliphatic heterocycles. The largest absolute Gasteiger partial charge is 0.477 e. The standard InChI is InChI=1S/C21H24FN3O4/c1-3-17(26)23-6-8-24(9-7-23)19-13-5-4-12(2)25-11-15(21(28)29)20(27)14(18(13)25)10-16(19)22/h10-12H,3-9H2,1-2H3,(H,28,29). The lowest BCUT2D eigenvalue weighted by Gasteiger charge is -2.38. The van der Waals surface area contributed by atoms with Crippen LogP contribution in [0.25, 0.3) is 10.9 Å². The Morgan fingerprint density at radius 1 is 1.24 bits per heavy atom. The molecule has 1 saturated heterocycles. The number of aromatic carboxylic acids is 1. The molecule has 1 N–H and O–H groups in total. The van der Waals surface area contributed by atoms with Gasteiger partial charge < -0.3 is 19.5 Å². The zero-order valence-corrected chi connectivity index (χ0v) is 16.6. The van der Waals surface area contributed by atoms with Gasteiger partial charge in [0.15, 0.2) is 0 Å². The number of rotatable bonds is 3. The highest BCUT2D eigenvalue weighted by atomic mass is 19.1. The summed E-state index contributed by atoms with van der Waals surface area (Å²) in [5.41, 5.74) is 0.868. The Morgan fingerprint density at radius 3 is 2.55 bits per heavy atom. The first-order valence-electron chi connectivity index (χ1n) is 9.99. The molecule has 3 heterocycles. The van der Waals surface area contributed by atoms with E-state index in [1.165, 1.54) is 12.3 Å². The quantitative estimate of drug-likeness (QED) is 0.854. The Labute approximate surface area is 167 Å². The van der Waals surface area contributed by atoms with Crippen molar-refractivity contribution < 1.29 is 19.1 Å². The van der Waals surface area contributed by atoms with Gasteiger partial charge in [-0.3, -0.25) is 9.59 Å². The fourth-order valence-corrected chi connectivity index (χ4v) is 4.53. The smallest absolute Gasteiger partial charge is 0.341 e. The van der Waals surface area contributed by atoms with Crippen LogP contribution in [-0.2, 0) is 11.2 Å². The van der Waals surface area contributed by atoms with Crippen LogP contribution >= 0.6 is 0 Å². The zero-order valence-electron chi connectivity index (χ0n) is 16.6. The molecule has 154 valence electrons. The molecule has 1 atom stereocenters. The molecule has 2 aromatic rings. The summed E-state index contributed by atoms with van der Waals surface area (Å²) in [5.74, 6) is -1.72. The number of benzene rings is 1. The van der Waals surface area contributed by atoms with Gasteiger partial charge in [-0.15, -0.1) is 0 Å². The first-order chi connectivity index (χ1) is 13.8. The van der Waals surface area contributed by atoms with Crippen molar-refractivity contribution in [3.05, 3.63) is 39.4 Å². The van der Waals surface area contributed by atoms with Crippen LogP contribution in [0.1, 0.15) is 48.7 Å². The third kappa shape index (κ3) is 3.07. The second-order valence-electron chi connectivity index (χ2n) is 7.78. The van der Waals surface area contributed by atoms with Gasteiger partial charge in [0, 0.05) is 55.8 Å². The SMILES string of the molecule is CCC(=O)N1CCN(c2c(F)cc3c(=O)c(C(=O)O)cn4c3c2CCC4C)CC1. The number of amides is 1. The molecule has 29 heavy (non-hydrogen) atoms. The first-order valence-corrected chi connectivity index (χ1v) is 9.99. The molecule has 7 nitrogen and oxygen atoms in total. The summed E-state index contributed by atoms with van der Waals surface area (Å²) in [6, 6.07) is 1.20. The van der Waals surface area contributed by atoms with Crippen molar-refractivity contribution in [2.24, 2.45) is 0 Å². The number of nitrogens with zero attached hydrogens (tertiary/aromatic N) is 3. The van der Waals surface area contributed by atoms with Gasteiger partial charge in [0.05, 0.1) is 11.2 Å². The van der Waals surface area contributed by atoms with Crippen LogP contribution in [0.2, 0.25) is 0 Å². The number of anilines is 1. The topological polar surface area (TPSA) is 82.8 Å². The van der Waals surface area contributed by atoms with E-state index in [0.29, 0.717) is 50.2 Å². The van der Waals surface area contributed by atoms with Crippen molar-refractivity contribution in [2.75, 3.05) is 31.1 Å². The van der Waals surface area contributed by atoms with E-state index in [9.17, 15) is 19.5 Å². The van der Waals surface area contributed by atoms with Crippen molar-refractivity contribution in [1.29, 1.82) is 0 Å². The number of hydrogen-bond donors (Lipinski definition) is 1. The van der Waals surface area contributed by atoms with E-state index in [2.05, 4.69) is 0 Å². The minimum absolute atomic E-state index is 0.0148. The number of hydrogen-bond acceptors (Lipinski definition) is 4. The molecule has 0 spiro atoms. The number of carboxylic acids is 1. The molecule has 8 heteroatoms. The highest BCUT2D eigenvalue weighted by Gasteiger charge is 2.30. The minimum atomic E-state index is -1.30. The van der Waals surface area contributed by atoms with Crippen LogP contribution < -0.4 is 10.3 Å². The lowest BCUT2D eigenvalue weighted by molar-refractivity contribution is -0.131. The monoisotopic (exact) mass is 401 g/mol. The summed E-state index contributed by atoms with van der Waals surface area (Å²) >= 11 is 0. The third-order valence-corrected chi connectivity index (χ3v) is 6.11. The molecule has 1 fully saturated rings. The summed E-state index contributed by atoms with van der Waals surface area (Å²) in [7, 11) is 0. The number of pyridine rings is 1. The van der Waals surface area contributed by atoms with Crippen molar-refractivity contribution in [3.63, 3.8) is 0 Å². The van der Waals surface area contributed by atoms with Gasteiger partial charge in [-0.25, -0.2) is 9.18 Å². The van der Waals surface area contributed by atoms with Crippen molar-refractivity contribution in [3.8, 4) is 0 Å². The number of aryl methyl sites for hydroxylation is 1. The number of carboxylic acid groups (broad SMARTS) is 1. The van der Waals surface area contributed by atoms with E-state index in [0.717, 1.165) is 12.0 Å². The average molecular weight is 401 g/mol. The second kappa shape index (κ2) is 7.17. The Kier molecular flexibility index (Phi) is 4.80. The van der Waals surface area contributed by atoms with Gasteiger partial charge >= 0.3 is 5.97 Å². The van der Waals surface area contributed by atoms with E-state index in [4.69, 9.17) is 0 Å². The molecular weight excluding hydrogens is 377 g/mol. The summed E-state index contributed by atoms with van der Waals surface area (Å²) in [4.78, 5) is 39.9. The summed E-state index contributed by atoms with van der Waals surface area (Å²) in [5, 5.41) is 9.51. The summed E-state index contributed by atoms with van der Waals surface area (Å²) < 4.78 is 17.0. The molecule has 0 saturated carbocycles. The zero-order chi connectivity index (χ0) is 20.9. The average Bonchev–Trinajstić information content (AvgIpc) is 2.71. The lowest BCUT2D eigenvalue weighted by atomic mass is 9.93. The second-order valence-corrected chi connectivity index (χ2v) is 7.78. The molecular formula is C21H24FN3O4. The Morgan fingerprint density at radius 2 is 1.93 bits per heavy atom. The predicted molar refractivity (Wildman–Crippen MR) is 107 cm³/mol. The van der Waals surface area contributed by atoms with Crippen LogP contribution in [0.5, 0.6) is 0 Å². The number of carbonyl (C=O) groups excluding carboxylic acids is 1. The molecule has 2 aliphatic rings. The molecule has 0 radical (unpaired) electrons. The molecule has 0 aliphatic carbocycles. The Balaban J connectivity index is 1.85. The fourth-order valence-electron chi connectivity index (χ4n) is 4.53. The van der Waals surface area contributed by atoms with E-state index in [1.807, 2.05) is 18.7 Å². The maximum atomic E-state index is 15.2. The fraction of sp³-hybridized carbons (Fsp3) is 0.476. The molecule has 4 rings (SSSR count). The molecule has 0 bridgehead atoms. The third-order valence-electron chi connectivity index (χ3n) is 6.11. The Bertz CT molecular complexity index is 1070. The highest BCUT2D eigenvalue weighted by molar-refractivity contribution is 5.95. The van der Waals surface area contributed by atoms with Crippen molar-refractivity contribution in [1.82, 2.24) is 9.47 Å². The summed E-state index contributed by atoms with van der Waals surface area (Å²) in [6.07, 6.45) is 3.19. The van der Waals surface area contributed by atoms with Gasteiger partial charge in [-0.05, 0) is 25.8 Å². The maximum absolute atomic E-state index is 15.2. The first kappa shape index (κ1) is 19.4. The number of aromatic nitrogens is 1. The Hall–Kier alpha value is -2.90. The van der Waals surface area contributed by atoms with E-state index in [1.54, 1.807) is 9.47 Å². The van der Waals surface area contributed by atoms with Crippen LogP contribution in [0.4, 0.5) is 10.1 Å². The van der Waals surface area contributed by atoms with Gasteiger partial charge in [0.1, 0.15) is 11.4 Å². The number of piperazine rings is 1. The van der Waals surface area contributed by atoms with E-state index < -0.39 is 17.2 Å². The van der Waals surface area contributed by atoms with Gasteiger partial charge in [0.2, 0.25) is 11.3 Å². The number of carbonyl (C=O) groups is 2. The lowest BCUT2D eigenvalue weighted by Crippen LogP contribution is -2.49. The molecule has 1 aromatic heterocycles. The molecule has 1 unspecified atom stereocenters. The van der Waals surface area contributed by atoms with Gasteiger partial charge in [-0.1, -0.05) is 6.92 Å². The van der Waals surface area contributed by atoms with Crippen LogP contribution in [0.3, 0.4) is 0 Å². The highest BCUT2D eigenvalue weighted by Crippen LogP contribution is 2.38. The van der Waals surface area contributed by atoms with E-state index in [-0.39, 0.29) is 22.9 Å². The normalized spacial score (nSPS) is 18.9. The molecule has 1 amide bonds. The summed E-state index contributed by atoms with van der Waals surface area (Å²) in [6.45, 7) is 5.90. The van der Waals surface area contributed by atoms with Crippen LogP contribution in [0.15, 0.2) is 17.1 Å². The maximum Gasteiger partial charge on any atom is 0.341 e. The van der Waals surface area contributed by atoms with Crippen LogP contribution in [-0.4, -0.2) is 52.6 Å². The minimum Gasteiger partial charge on any atom is -0.477 e. The predicted octanol–water partition coefficient (Wildman–Crippen LogP) is 2.40. The van der Waals surface area contributed by atoms with Gasteiger partial charge in [-0.2, -0.15) is 0 Å². The van der Waals surface area contributed by atoms with Crippen molar-refractivity contribution >= 4 is 28.5 Å². The molecule has 1 aromatic carbocycles.